The summed E-state index contributed by atoms with van der Waals surface area (Å²) in [5, 5.41) is 50.0. The molecule has 0 spiro atoms. The number of carbonyl (C=O) groups excluding carboxylic acids is 1. The lowest BCUT2D eigenvalue weighted by Gasteiger charge is -2.48. The maximum atomic E-state index is 14.4. The third-order valence-corrected chi connectivity index (χ3v) is 12.8. The van der Waals surface area contributed by atoms with Crippen molar-refractivity contribution < 1.29 is 53.6 Å². The molecule has 5 N–H and O–H groups in total. The van der Waals surface area contributed by atoms with Crippen molar-refractivity contribution in [3.05, 3.63) is 0 Å². The fourth-order valence-corrected chi connectivity index (χ4v) is 9.10. The summed E-state index contributed by atoms with van der Waals surface area (Å²) in [6, 6.07) is -0.534. The number of ether oxygens (including phenoxy) is 6. The zero-order valence-electron chi connectivity index (χ0n) is 33.9. The maximum absolute atomic E-state index is 14.4. The fraction of sp³-hybridized carbons (Fsp3) is 0.974. The van der Waals surface area contributed by atoms with Crippen molar-refractivity contribution in [2.45, 2.75) is 186 Å². The van der Waals surface area contributed by atoms with Gasteiger partial charge in [0.2, 0.25) is 0 Å². The molecule has 0 aromatic heterocycles. The molecule has 3 aliphatic heterocycles. The predicted octanol–water partition coefficient (Wildman–Crippen LogP) is 2.83. The van der Waals surface area contributed by atoms with Crippen LogP contribution in [0.1, 0.15) is 101 Å². The molecule has 1 aliphatic carbocycles. The van der Waals surface area contributed by atoms with Crippen molar-refractivity contribution in [1.82, 2.24) is 10.2 Å². The number of aliphatic hydroxyl groups is 4. The second-order valence-electron chi connectivity index (χ2n) is 17.6. The largest absolute Gasteiger partial charge is 0.461 e. The Morgan fingerprint density at radius 3 is 2.13 bits per heavy atom. The van der Waals surface area contributed by atoms with Gasteiger partial charge in [0.05, 0.1) is 47.6 Å². The van der Waals surface area contributed by atoms with Gasteiger partial charge in [-0.25, -0.2) is 0 Å². The number of carbonyl (C=O) groups is 1. The smallest absolute Gasteiger partial charge is 0.311 e. The molecule has 0 radical (unpaired) electrons. The summed E-state index contributed by atoms with van der Waals surface area (Å²) >= 11 is 0. The zero-order valence-corrected chi connectivity index (χ0v) is 33.9. The Balaban J connectivity index is 1.78. The van der Waals surface area contributed by atoms with Gasteiger partial charge in [-0.15, -0.1) is 0 Å². The van der Waals surface area contributed by atoms with E-state index in [1.54, 1.807) is 27.7 Å². The lowest BCUT2D eigenvalue weighted by Crippen LogP contribution is -2.60. The Labute approximate surface area is 312 Å². The van der Waals surface area contributed by atoms with Crippen molar-refractivity contribution in [3.8, 4) is 0 Å². The lowest BCUT2D eigenvalue weighted by atomic mass is 9.74. The number of nitrogens with zero attached hydrogens (tertiary/aromatic N) is 1. The van der Waals surface area contributed by atoms with Gasteiger partial charge in [-0.1, -0.05) is 27.2 Å². The monoisotopic (exact) mass is 745 g/mol. The Bertz CT molecular complexity index is 1140. The summed E-state index contributed by atoms with van der Waals surface area (Å²) in [6.07, 6.45) is -3.93. The van der Waals surface area contributed by atoms with E-state index in [1.807, 2.05) is 53.6 Å². The second-order valence-corrected chi connectivity index (χ2v) is 17.6. The number of nitrogens with one attached hydrogen (secondary N) is 1. The molecule has 13 nitrogen and oxygen atoms in total. The van der Waals surface area contributed by atoms with E-state index in [2.05, 4.69) is 5.32 Å². The highest BCUT2D eigenvalue weighted by Crippen LogP contribution is 2.41. The molecule has 0 aromatic carbocycles. The molecule has 4 aliphatic rings. The number of aliphatic hydroxyl groups excluding tert-OH is 3. The van der Waals surface area contributed by atoms with E-state index in [9.17, 15) is 25.2 Å². The first kappa shape index (κ1) is 43.8. The number of rotatable bonds is 7. The van der Waals surface area contributed by atoms with E-state index < -0.39 is 84.3 Å². The highest BCUT2D eigenvalue weighted by Gasteiger charge is 2.52. The number of methoxy groups -OCH3 is 1. The van der Waals surface area contributed by atoms with Crippen LogP contribution >= 0.6 is 0 Å². The van der Waals surface area contributed by atoms with E-state index in [1.165, 1.54) is 7.11 Å². The molecular weight excluding hydrogens is 672 g/mol. The Kier molecular flexibility index (Phi) is 15.0. The third-order valence-electron chi connectivity index (χ3n) is 12.8. The molecule has 4 rings (SSSR count). The van der Waals surface area contributed by atoms with E-state index in [0.717, 1.165) is 19.3 Å². The van der Waals surface area contributed by atoms with Crippen LogP contribution in [0.15, 0.2) is 0 Å². The van der Waals surface area contributed by atoms with E-state index >= 15 is 0 Å². The summed E-state index contributed by atoms with van der Waals surface area (Å²) in [5.74, 6) is -2.27. The van der Waals surface area contributed by atoms with Gasteiger partial charge < -0.3 is 59.1 Å². The first-order chi connectivity index (χ1) is 24.2. The quantitative estimate of drug-likeness (QED) is 0.242. The van der Waals surface area contributed by atoms with Gasteiger partial charge >= 0.3 is 5.97 Å². The van der Waals surface area contributed by atoms with Crippen LogP contribution < -0.4 is 5.32 Å². The number of hydrogen-bond acceptors (Lipinski definition) is 13. The van der Waals surface area contributed by atoms with E-state index in [-0.39, 0.29) is 42.4 Å². The van der Waals surface area contributed by atoms with Crippen molar-refractivity contribution in [2.75, 3.05) is 27.7 Å². The fourth-order valence-electron chi connectivity index (χ4n) is 9.10. The average molecular weight is 745 g/mol. The summed E-state index contributed by atoms with van der Waals surface area (Å²) in [7, 11) is 5.35. The topological polar surface area (TPSA) is 169 Å². The molecule has 1 saturated carbocycles. The Morgan fingerprint density at radius 2 is 1.56 bits per heavy atom. The Morgan fingerprint density at radius 1 is 0.904 bits per heavy atom. The van der Waals surface area contributed by atoms with E-state index in [4.69, 9.17) is 28.4 Å². The van der Waals surface area contributed by atoms with Crippen LogP contribution in [-0.2, 0) is 33.2 Å². The van der Waals surface area contributed by atoms with Crippen molar-refractivity contribution in [1.29, 1.82) is 0 Å². The molecule has 3 saturated heterocycles. The van der Waals surface area contributed by atoms with Gasteiger partial charge in [0.15, 0.2) is 12.6 Å². The van der Waals surface area contributed by atoms with Crippen LogP contribution in [0, 0.1) is 29.6 Å². The van der Waals surface area contributed by atoms with Crippen LogP contribution in [-0.4, -0.2) is 144 Å². The van der Waals surface area contributed by atoms with Crippen molar-refractivity contribution in [2.24, 2.45) is 29.6 Å². The zero-order chi connectivity index (χ0) is 38.9. The summed E-state index contributed by atoms with van der Waals surface area (Å²) in [6.45, 7) is 17.3. The summed E-state index contributed by atoms with van der Waals surface area (Å²) < 4.78 is 38.1. The molecule has 0 amide bonds. The standard InChI is InChI=1S/C39H72N2O11/c1-20-17-38(8,46)35(52-37-31(43)28(41(10)11)16-21(2)48-37)23(4)32(50-29-18-39(9,47-12)34(44)26(7)49-29)24(5)36(45)51-33(27-14-13-15-27)22(3)30(42)25(6)40-19-20/h20-35,37,40,42-44,46H,13-19H2,1-12H3/t20-,21-,22-,23+,24-,25-,26+,28+,29+,30+,31-,32+,33+,34+,35-,37+,38+,39-/m1/s1. The first-order valence-corrected chi connectivity index (χ1v) is 19.7. The van der Waals surface area contributed by atoms with E-state index in [0.29, 0.717) is 19.4 Å². The minimum absolute atomic E-state index is 0.0578. The third kappa shape index (κ3) is 9.87. The maximum Gasteiger partial charge on any atom is 0.311 e. The van der Waals surface area contributed by atoms with Crippen LogP contribution in [0.4, 0.5) is 0 Å². The second kappa shape index (κ2) is 17.9. The highest BCUT2D eigenvalue weighted by molar-refractivity contribution is 5.73. The first-order valence-electron chi connectivity index (χ1n) is 19.7. The van der Waals surface area contributed by atoms with Crippen LogP contribution in [0.25, 0.3) is 0 Å². The van der Waals surface area contributed by atoms with Crippen molar-refractivity contribution >= 4 is 5.97 Å². The molecule has 3 heterocycles. The minimum Gasteiger partial charge on any atom is -0.461 e. The van der Waals surface area contributed by atoms with Gasteiger partial charge in [-0.3, -0.25) is 4.79 Å². The average Bonchev–Trinajstić information content (AvgIpc) is 3.05. The number of cyclic esters (lactones) is 1. The van der Waals surface area contributed by atoms with Gasteiger partial charge in [-0.2, -0.15) is 0 Å². The van der Waals surface area contributed by atoms with Gasteiger partial charge in [0.1, 0.15) is 18.3 Å². The van der Waals surface area contributed by atoms with Gasteiger partial charge in [-0.05, 0) is 99.7 Å². The summed E-state index contributed by atoms with van der Waals surface area (Å²) in [5.41, 5.74) is -2.47. The number of likely N-dealkylation sites (N-methyl/N-ethyl adjacent to an activating group) is 1. The molecule has 0 bridgehead atoms. The lowest BCUT2D eigenvalue weighted by molar-refractivity contribution is -0.318. The van der Waals surface area contributed by atoms with Crippen molar-refractivity contribution in [3.63, 3.8) is 0 Å². The predicted molar refractivity (Wildman–Crippen MR) is 195 cm³/mol. The van der Waals surface area contributed by atoms with Crippen LogP contribution in [0.2, 0.25) is 0 Å². The molecular formula is C39H72N2O11. The highest BCUT2D eigenvalue weighted by atomic mass is 16.7. The molecule has 52 heavy (non-hydrogen) atoms. The number of hydrogen-bond donors (Lipinski definition) is 5. The van der Waals surface area contributed by atoms with Gasteiger partial charge in [0, 0.05) is 37.5 Å². The molecule has 4 fully saturated rings. The van der Waals surface area contributed by atoms with Crippen LogP contribution in [0.5, 0.6) is 0 Å². The molecule has 18 atom stereocenters. The summed E-state index contributed by atoms with van der Waals surface area (Å²) in [4.78, 5) is 16.3. The molecule has 304 valence electrons. The molecule has 13 heteroatoms. The van der Waals surface area contributed by atoms with Crippen LogP contribution in [0.3, 0.4) is 0 Å². The van der Waals surface area contributed by atoms with Gasteiger partial charge in [0.25, 0.3) is 0 Å². The molecule has 0 aromatic rings. The Hall–Kier alpha value is -0.970. The SMILES string of the molecule is CO[C@]1(C)C[C@H](O[C@H]2[C@H](C)[C@@H](O[C@@H]3O[C@H](C)C[C@H](N(C)C)[C@H]3O)[C@@](C)(O)C[C@@H](C)CN[C@H](C)[C@@H](O)[C@@H](C)[C@@H](C3CCC3)OC(=O)[C@@H]2C)O[C@@H](C)[C@@H]1O. The normalized spacial score (nSPS) is 49.4. The minimum atomic E-state index is -1.50. The molecule has 0 unspecified atom stereocenters. The number of esters is 1.